The summed E-state index contributed by atoms with van der Waals surface area (Å²) in [5.41, 5.74) is 3.90. The van der Waals surface area contributed by atoms with Gasteiger partial charge in [0.05, 0.1) is 17.4 Å². The summed E-state index contributed by atoms with van der Waals surface area (Å²) in [6.07, 6.45) is 2.08. The molecule has 0 bridgehead atoms. The first-order chi connectivity index (χ1) is 12.6. The number of para-hydroxylation sites is 2. The maximum atomic E-state index is 12.9. The summed E-state index contributed by atoms with van der Waals surface area (Å²) in [7, 11) is 0. The molecule has 0 fully saturated rings. The van der Waals surface area contributed by atoms with E-state index >= 15 is 0 Å². The zero-order valence-electron chi connectivity index (χ0n) is 14.5. The number of ketones is 1. The second-order valence-corrected chi connectivity index (χ2v) is 7.03. The number of carbonyl (C=O) groups is 2. The molecule has 0 unspecified atom stereocenters. The number of benzene rings is 2. The van der Waals surface area contributed by atoms with Crippen LogP contribution in [-0.4, -0.2) is 11.7 Å². The summed E-state index contributed by atoms with van der Waals surface area (Å²) < 4.78 is 0. The lowest BCUT2D eigenvalue weighted by Crippen LogP contribution is -2.36. The molecule has 1 aliphatic heterocycles. The fourth-order valence-corrected chi connectivity index (χ4v) is 4.11. The highest BCUT2D eigenvalue weighted by Crippen LogP contribution is 2.45. The molecule has 1 aliphatic carbocycles. The monoisotopic (exact) mass is 366 g/mol. The Balaban J connectivity index is 2.03. The van der Waals surface area contributed by atoms with Crippen molar-refractivity contribution in [1.82, 2.24) is 0 Å². The van der Waals surface area contributed by atoms with Crippen LogP contribution in [0.2, 0.25) is 5.02 Å². The summed E-state index contributed by atoms with van der Waals surface area (Å²) in [6.45, 7) is 1.53. The third kappa shape index (κ3) is 2.71. The summed E-state index contributed by atoms with van der Waals surface area (Å²) in [5, 5.41) is 3.97. The highest BCUT2D eigenvalue weighted by atomic mass is 35.5. The zero-order valence-corrected chi connectivity index (χ0v) is 15.2. The number of anilines is 2. The molecule has 5 heteroatoms. The molecular formula is C21H19ClN2O2. The molecule has 0 spiro atoms. The smallest absolute Gasteiger partial charge is 0.224 e. The number of nitrogens with one attached hydrogen (secondary N) is 1. The van der Waals surface area contributed by atoms with E-state index in [-0.39, 0.29) is 11.7 Å². The summed E-state index contributed by atoms with van der Waals surface area (Å²) >= 11 is 6.49. The second-order valence-electron chi connectivity index (χ2n) is 6.62. The normalized spacial score (nSPS) is 19.4. The molecule has 2 aromatic carbocycles. The minimum absolute atomic E-state index is 0.0720. The van der Waals surface area contributed by atoms with Gasteiger partial charge in [-0.15, -0.1) is 0 Å². The van der Waals surface area contributed by atoms with E-state index in [0.717, 1.165) is 35.5 Å². The van der Waals surface area contributed by atoms with Crippen LogP contribution in [0.3, 0.4) is 0 Å². The predicted octanol–water partition coefficient (Wildman–Crippen LogP) is 4.87. The van der Waals surface area contributed by atoms with Gasteiger partial charge in [-0.05, 0) is 36.6 Å². The van der Waals surface area contributed by atoms with Crippen molar-refractivity contribution in [1.29, 1.82) is 0 Å². The van der Waals surface area contributed by atoms with Crippen molar-refractivity contribution >= 4 is 34.7 Å². The fraction of sp³-hybridized carbons (Fsp3) is 0.238. The lowest BCUT2D eigenvalue weighted by molar-refractivity contribution is -0.117. The molecule has 0 saturated carbocycles. The van der Waals surface area contributed by atoms with Crippen molar-refractivity contribution in [2.45, 2.75) is 32.2 Å². The Morgan fingerprint density at radius 1 is 1.12 bits per heavy atom. The maximum Gasteiger partial charge on any atom is 0.224 e. The average Bonchev–Trinajstić information content (AvgIpc) is 2.77. The third-order valence-electron chi connectivity index (χ3n) is 4.98. The van der Waals surface area contributed by atoms with Gasteiger partial charge in [0.15, 0.2) is 5.78 Å². The summed E-state index contributed by atoms with van der Waals surface area (Å²) in [6, 6.07) is 14.6. The van der Waals surface area contributed by atoms with Crippen molar-refractivity contribution in [2.75, 3.05) is 10.2 Å². The van der Waals surface area contributed by atoms with Gasteiger partial charge in [0.25, 0.3) is 0 Å². The highest BCUT2D eigenvalue weighted by Gasteiger charge is 2.39. The quantitative estimate of drug-likeness (QED) is 0.783. The largest absolute Gasteiger partial charge is 0.357 e. The summed E-state index contributed by atoms with van der Waals surface area (Å²) in [4.78, 5) is 27.3. The molecule has 0 aromatic heterocycles. The molecule has 4 nitrogen and oxygen atoms in total. The Morgan fingerprint density at radius 2 is 1.85 bits per heavy atom. The van der Waals surface area contributed by atoms with E-state index in [9.17, 15) is 9.59 Å². The topological polar surface area (TPSA) is 49.4 Å². The molecule has 1 atom stereocenters. The number of halogens is 1. The van der Waals surface area contributed by atoms with Crippen LogP contribution in [0.25, 0.3) is 0 Å². The number of hydrogen-bond donors (Lipinski definition) is 1. The van der Waals surface area contributed by atoms with E-state index in [0.29, 0.717) is 17.0 Å². The van der Waals surface area contributed by atoms with Gasteiger partial charge < -0.3 is 5.32 Å². The van der Waals surface area contributed by atoms with Gasteiger partial charge in [-0.2, -0.15) is 0 Å². The van der Waals surface area contributed by atoms with Crippen molar-refractivity contribution < 1.29 is 9.59 Å². The third-order valence-corrected chi connectivity index (χ3v) is 5.32. The van der Waals surface area contributed by atoms with E-state index in [4.69, 9.17) is 11.6 Å². The number of fused-ring (bicyclic) bond motifs is 1. The van der Waals surface area contributed by atoms with Crippen LogP contribution in [0, 0.1) is 0 Å². The van der Waals surface area contributed by atoms with Gasteiger partial charge in [-0.1, -0.05) is 41.9 Å². The standard InChI is InChI=1S/C21H19ClN2O2/c1-13(25)24-18-11-5-4-9-16(18)23-17-10-6-12-19(26)20(17)21(24)14-7-2-3-8-15(14)22/h2-5,7-9,11,21,23H,6,10,12H2,1H3/t21-/m0/s1. The lowest BCUT2D eigenvalue weighted by Gasteiger charge is -2.33. The molecule has 4 rings (SSSR count). The van der Waals surface area contributed by atoms with Crippen LogP contribution in [0.15, 0.2) is 59.8 Å². The number of nitrogens with zero attached hydrogens (tertiary/aromatic N) is 1. The van der Waals surface area contributed by atoms with E-state index in [1.807, 2.05) is 42.5 Å². The molecule has 2 aromatic rings. The van der Waals surface area contributed by atoms with Crippen LogP contribution in [-0.2, 0) is 9.59 Å². The number of amides is 1. The van der Waals surface area contributed by atoms with E-state index in [1.165, 1.54) is 6.92 Å². The zero-order chi connectivity index (χ0) is 18.3. The minimum Gasteiger partial charge on any atom is -0.357 e. The molecule has 132 valence electrons. The van der Waals surface area contributed by atoms with Gasteiger partial charge in [0, 0.05) is 29.6 Å². The minimum atomic E-state index is -0.528. The van der Waals surface area contributed by atoms with Crippen molar-refractivity contribution in [2.24, 2.45) is 0 Å². The Morgan fingerprint density at radius 3 is 2.62 bits per heavy atom. The SMILES string of the molecule is CC(=O)N1c2ccccc2NC2=C(C(=O)CCC2)[C@@H]1c1ccccc1Cl. The van der Waals surface area contributed by atoms with E-state index < -0.39 is 6.04 Å². The maximum absolute atomic E-state index is 12.9. The Labute approximate surface area is 157 Å². The molecule has 1 amide bonds. The Bertz CT molecular complexity index is 935. The van der Waals surface area contributed by atoms with Crippen LogP contribution < -0.4 is 10.2 Å². The van der Waals surface area contributed by atoms with E-state index in [2.05, 4.69) is 5.32 Å². The average molecular weight is 367 g/mol. The van der Waals surface area contributed by atoms with Crippen LogP contribution in [0.1, 0.15) is 37.8 Å². The number of allylic oxidation sites excluding steroid dienone is 1. The first-order valence-corrected chi connectivity index (χ1v) is 9.12. The van der Waals surface area contributed by atoms with Gasteiger partial charge in [0.1, 0.15) is 0 Å². The van der Waals surface area contributed by atoms with Crippen LogP contribution in [0.5, 0.6) is 0 Å². The molecular weight excluding hydrogens is 348 g/mol. The lowest BCUT2D eigenvalue weighted by atomic mass is 9.86. The number of carbonyl (C=O) groups excluding carboxylic acids is 2. The molecule has 1 N–H and O–H groups in total. The van der Waals surface area contributed by atoms with Crippen molar-refractivity contribution in [3.05, 3.63) is 70.4 Å². The van der Waals surface area contributed by atoms with Crippen molar-refractivity contribution in [3.63, 3.8) is 0 Å². The fourth-order valence-electron chi connectivity index (χ4n) is 3.87. The Kier molecular flexibility index (Phi) is 4.29. The number of Topliss-reactive ketones (excluding diaryl/α,β-unsaturated/α-hetero) is 1. The molecule has 0 saturated heterocycles. The van der Waals surface area contributed by atoms with Crippen LogP contribution in [0.4, 0.5) is 11.4 Å². The summed E-state index contributed by atoms with van der Waals surface area (Å²) in [5.74, 6) is -0.0565. The first-order valence-electron chi connectivity index (χ1n) is 8.74. The van der Waals surface area contributed by atoms with Gasteiger partial charge in [-0.3, -0.25) is 14.5 Å². The molecule has 2 aliphatic rings. The predicted molar refractivity (Wildman–Crippen MR) is 103 cm³/mol. The van der Waals surface area contributed by atoms with Crippen molar-refractivity contribution in [3.8, 4) is 0 Å². The second kappa shape index (κ2) is 6.61. The first kappa shape index (κ1) is 16.9. The van der Waals surface area contributed by atoms with E-state index in [1.54, 1.807) is 11.0 Å². The molecule has 0 radical (unpaired) electrons. The number of hydrogen-bond acceptors (Lipinski definition) is 3. The molecule has 1 heterocycles. The highest BCUT2D eigenvalue weighted by molar-refractivity contribution is 6.31. The van der Waals surface area contributed by atoms with Gasteiger partial charge in [0.2, 0.25) is 5.91 Å². The van der Waals surface area contributed by atoms with Gasteiger partial charge in [-0.25, -0.2) is 0 Å². The number of rotatable bonds is 1. The van der Waals surface area contributed by atoms with Crippen LogP contribution >= 0.6 is 11.6 Å². The molecule has 26 heavy (non-hydrogen) atoms. The van der Waals surface area contributed by atoms with Gasteiger partial charge >= 0.3 is 0 Å². The Hall–Kier alpha value is -2.59.